The van der Waals surface area contributed by atoms with E-state index in [1.165, 1.54) is 19.3 Å². The van der Waals surface area contributed by atoms with Crippen LogP contribution >= 0.6 is 0 Å². The van der Waals surface area contributed by atoms with Crippen molar-refractivity contribution in [3.8, 4) is 0 Å². The van der Waals surface area contributed by atoms with E-state index in [4.69, 9.17) is 4.74 Å². The third-order valence-electron chi connectivity index (χ3n) is 9.26. The third-order valence-corrected chi connectivity index (χ3v) is 9.26. The van der Waals surface area contributed by atoms with Crippen LogP contribution < -0.4 is 10.6 Å². The van der Waals surface area contributed by atoms with Gasteiger partial charge in [-0.1, -0.05) is 87.4 Å². The molecule has 1 aromatic rings. The zero-order valence-electron chi connectivity index (χ0n) is 26.1. The van der Waals surface area contributed by atoms with Gasteiger partial charge in [-0.05, 0) is 62.8 Å². The fraction of sp³-hybridized carbons (Fsp3) is 0.639. The Balaban J connectivity index is 1.65. The van der Waals surface area contributed by atoms with E-state index in [0.717, 1.165) is 63.4 Å². The Labute approximate surface area is 258 Å². The lowest BCUT2D eigenvalue weighted by Gasteiger charge is -2.30. The van der Waals surface area contributed by atoms with Crippen LogP contribution in [0.2, 0.25) is 0 Å². The van der Waals surface area contributed by atoms with Crippen molar-refractivity contribution in [1.82, 2.24) is 10.6 Å². The molecule has 238 valence electrons. The standard InChI is InChI=1S/C36H54N2O5/c1-3-5-8-20-31(23-28-16-9-6-10-17-28)35(42)43-26-32(24-29-18-11-7-12-19-29)37-34(41)30(15-4-2)25-33(40)38-36(27-39)21-13-14-22-36/h3-4,6,9-10,16-17,29-32,39H,1-2,5,7-8,11-15,18-27H2,(H,37,41)(H,38,40)/t30-,31-,32+/m1/s1. The molecule has 7 nitrogen and oxygen atoms in total. The highest BCUT2D eigenvalue weighted by atomic mass is 16.5. The van der Waals surface area contributed by atoms with E-state index in [-0.39, 0.29) is 49.4 Å². The number of esters is 1. The number of hydrogen-bond acceptors (Lipinski definition) is 5. The molecule has 0 bridgehead atoms. The summed E-state index contributed by atoms with van der Waals surface area (Å²) in [5, 5.41) is 16.1. The third kappa shape index (κ3) is 11.9. The maximum absolute atomic E-state index is 13.6. The number of ether oxygens (including phenoxy) is 1. The predicted molar refractivity (Wildman–Crippen MR) is 171 cm³/mol. The highest BCUT2D eigenvalue weighted by molar-refractivity contribution is 5.86. The van der Waals surface area contributed by atoms with Crippen LogP contribution in [0.1, 0.15) is 102 Å². The van der Waals surface area contributed by atoms with Gasteiger partial charge in [-0.2, -0.15) is 0 Å². The summed E-state index contributed by atoms with van der Waals surface area (Å²) in [5.41, 5.74) is 0.521. The molecule has 0 heterocycles. The normalized spacial score (nSPS) is 18.6. The van der Waals surface area contributed by atoms with Gasteiger partial charge in [0.25, 0.3) is 0 Å². The second-order valence-electron chi connectivity index (χ2n) is 12.8. The van der Waals surface area contributed by atoms with Crippen LogP contribution in [0.25, 0.3) is 0 Å². The fourth-order valence-corrected chi connectivity index (χ4v) is 6.75. The van der Waals surface area contributed by atoms with Gasteiger partial charge in [0.15, 0.2) is 0 Å². The summed E-state index contributed by atoms with van der Waals surface area (Å²) in [6.45, 7) is 7.65. The van der Waals surface area contributed by atoms with Crippen LogP contribution in [0.3, 0.4) is 0 Å². The molecule has 0 aliphatic heterocycles. The van der Waals surface area contributed by atoms with E-state index in [9.17, 15) is 19.5 Å². The monoisotopic (exact) mass is 594 g/mol. The van der Waals surface area contributed by atoms with Crippen LogP contribution in [0.4, 0.5) is 0 Å². The van der Waals surface area contributed by atoms with Crippen molar-refractivity contribution in [2.45, 2.75) is 114 Å². The molecule has 0 spiro atoms. The van der Waals surface area contributed by atoms with Gasteiger partial charge in [-0.15, -0.1) is 13.2 Å². The number of aliphatic hydroxyl groups is 1. The molecule has 3 atom stereocenters. The van der Waals surface area contributed by atoms with Crippen LogP contribution in [0.5, 0.6) is 0 Å². The zero-order valence-corrected chi connectivity index (χ0v) is 26.1. The number of carbonyl (C=O) groups excluding carboxylic acids is 3. The van der Waals surface area contributed by atoms with E-state index in [1.54, 1.807) is 6.08 Å². The Morgan fingerprint density at radius 3 is 2.37 bits per heavy atom. The fourth-order valence-electron chi connectivity index (χ4n) is 6.75. The molecule has 43 heavy (non-hydrogen) atoms. The summed E-state index contributed by atoms with van der Waals surface area (Å²) in [4.78, 5) is 39.9. The quantitative estimate of drug-likeness (QED) is 0.100. The number of nitrogens with one attached hydrogen (secondary N) is 2. The van der Waals surface area contributed by atoms with E-state index in [1.807, 2.05) is 36.4 Å². The lowest BCUT2D eigenvalue weighted by Crippen LogP contribution is -2.50. The molecule has 2 aliphatic rings. The molecule has 2 saturated carbocycles. The largest absolute Gasteiger partial charge is 0.463 e. The number of amides is 2. The lowest BCUT2D eigenvalue weighted by molar-refractivity contribution is -0.150. The molecular formula is C36H54N2O5. The van der Waals surface area contributed by atoms with Crippen molar-refractivity contribution in [3.05, 3.63) is 61.2 Å². The molecule has 0 aromatic heterocycles. The number of rotatable bonds is 19. The van der Waals surface area contributed by atoms with Crippen LogP contribution in [0, 0.1) is 17.8 Å². The van der Waals surface area contributed by atoms with Gasteiger partial charge < -0.3 is 20.5 Å². The number of carbonyl (C=O) groups is 3. The lowest BCUT2D eigenvalue weighted by atomic mass is 9.84. The van der Waals surface area contributed by atoms with Gasteiger partial charge in [0.1, 0.15) is 6.61 Å². The maximum Gasteiger partial charge on any atom is 0.309 e. The number of unbranched alkanes of at least 4 members (excludes halogenated alkanes) is 1. The summed E-state index contributed by atoms with van der Waals surface area (Å²) in [6.07, 6.45) is 17.0. The molecular weight excluding hydrogens is 540 g/mol. The first kappa shape index (κ1) is 34.6. The Kier molecular flexibility index (Phi) is 15.0. The summed E-state index contributed by atoms with van der Waals surface area (Å²) >= 11 is 0. The number of aliphatic hydroxyl groups excluding tert-OH is 1. The molecule has 2 amide bonds. The van der Waals surface area contributed by atoms with E-state index in [0.29, 0.717) is 25.2 Å². The topological polar surface area (TPSA) is 105 Å². The SMILES string of the molecule is C=CCCC[C@H](Cc1ccccc1)C(=O)OC[C@H](CC1CCCCC1)NC(=O)[C@H](CC=C)CC(=O)NC1(CO)CCCC1. The molecule has 1 aromatic carbocycles. The van der Waals surface area contributed by atoms with Crippen molar-refractivity contribution in [2.24, 2.45) is 17.8 Å². The molecule has 2 aliphatic carbocycles. The van der Waals surface area contributed by atoms with Crippen LogP contribution in [-0.2, 0) is 25.5 Å². The first-order valence-electron chi connectivity index (χ1n) is 16.5. The van der Waals surface area contributed by atoms with Gasteiger partial charge in [0.05, 0.1) is 30.0 Å². The van der Waals surface area contributed by atoms with Crippen LogP contribution in [0.15, 0.2) is 55.6 Å². The van der Waals surface area contributed by atoms with Gasteiger partial charge in [-0.25, -0.2) is 0 Å². The second-order valence-corrected chi connectivity index (χ2v) is 12.8. The van der Waals surface area contributed by atoms with E-state index in [2.05, 4.69) is 23.8 Å². The number of allylic oxidation sites excluding steroid dienone is 2. The number of benzene rings is 1. The Morgan fingerprint density at radius 1 is 1.00 bits per heavy atom. The molecule has 7 heteroatoms. The van der Waals surface area contributed by atoms with Gasteiger partial charge in [0.2, 0.25) is 11.8 Å². The van der Waals surface area contributed by atoms with Crippen LogP contribution in [-0.4, -0.2) is 47.7 Å². The Morgan fingerprint density at radius 2 is 1.72 bits per heavy atom. The minimum Gasteiger partial charge on any atom is -0.463 e. The van der Waals surface area contributed by atoms with Gasteiger partial charge >= 0.3 is 5.97 Å². The molecule has 3 rings (SSSR count). The summed E-state index contributed by atoms with van der Waals surface area (Å²) in [7, 11) is 0. The minimum absolute atomic E-state index is 0.0258. The summed E-state index contributed by atoms with van der Waals surface area (Å²) < 4.78 is 5.94. The van der Waals surface area contributed by atoms with Crippen molar-refractivity contribution < 1.29 is 24.2 Å². The maximum atomic E-state index is 13.6. The first-order valence-corrected chi connectivity index (χ1v) is 16.5. The minimum atomic E-state index is -0.580. The predicted octanol–water partition coefficient (Wildman–Crippen LogP) is 6.20. The zero-order chi connectivity index (χ0) is 30.9. The van der Waals surface area contributed by atoms with Crippen molar-refractivity contribution in [2.75, 3.05) is 13.2 Å². The number of hydrogen-bond donors (Lipinski definition) is 3. The first-order chi connectivity index (χ1) is 20.9. The van der Waals surface area contributed by atoms with E-state index >= 15 is 0 Å². The summed E-state index contributed by atoms with van der Waals surface area (Å²) in [5.74, 6) is -1.05. The molecule has 0 radical (unpaired) electrons. The average molecular weight is 595 g/mol. The highest BCUT2D eigenvalue weighted by Crippen LogP contribution is 2.30. The Bertz CT molecular complexity index is 1010. The van der Waals surface area contributed by atoms with Crippen molar-refractivity contribution in [3.63, 3.8) is 0 Å². The summed E-state index contributed by atoms with van der Waals surface area (Å²) in [6, 6.07) is 9.67. The van der Waals surface area contributed by atoms with Crippen molar-refractivity contribution >= 4 is 17.8 Å². The average Bonchev–Trinajstić information content (AvgIpc) is 3.48. The van der Waals surface area contributed by atoms with E-state index < -0.39 is 11.5 Å². The molecule has 3 N–H and O–H groups in total. The highest BCUT2D eigenvalue weighted by Gasteiger charge is 2.36. The van der Waals surface area contributed by atoms with Crippen molar-refractivity contribution in [1.29, 1.82) is 0 Å². The van der Waals surface area contributed by atoms with Gasteiger partial charge in [0, 0.05) is 6.42 Å². The van der Waals surface area contributed by atoms with Gasteiger partial charge in [-0.3, -0.25) is 14.4 Å². The Hall–Kier alpha value is -2.93. The second kappa shape index (κ2) is 18.7. The smallest absolute Gasteiger partial charge is 0.309 e. The molecule has 0 unspecified atom stereocenters. The molecule has 0 saturated heterocycles. The molecule has 2 fully saturated rings.